The maximum atomic E-state index is 13.2. The summed E-state index contributed by atoms with van der Waals surface area (Å²) < 4.78 is 22.8. The van der Waals surface area contributed by atoms with Crippen molar-refractivity contribution in [2.45, 2.75) is 26.0 Å². The molecule has 1 amide bonds. The van der Waals surface area contributed by atoms with Gasteiger partial charge in [0.1, 0.15) is 25.6 Å². The molecule has 2 aliphatic rings. The third-order valence-corrected chi connectivity index (χ3v) is 6.56. The number of fused-ring (bicyclic) bond motifs is 1. The van der Waals surface area contributed by atoms with Crippen LogP contribution in [0.5, 0.6) is 23.0 Å². The Bertz CT molecular complexity index is 1380. The van der Waals surface area contributed by atoms with Gasteiger partial charge in [-0.3, -0.25) is 9.59 Å². The van der Waals surface area contributed by atoms with Crippen molar-refractivity contribution in [1.29, 1.82) is 0 Å². The molecule has 1 saturated heterocycles. The summed E-state index contributed by atoms with van der Waals surface area (Å²) in [5.41, 5.74) is 2.01. The molecule has 38 heavy (non-hydrogen) atoms. The fourth-order valence-corrected chi connectivity index (χ4v) is 4.75. The second kappa shape index (κ2) is 10.9. The van der Waals surface area contributed by atoms with Crippen molar-refractivity contribution in [3.63, 3.8) is 0 Å². The van der Waals surface area contributed by atoms with Crippen LogP contribution in [0, 0.1) is 0 Å². The Morgan fingerprint density at radius 1 is 0.974 bits per heavy atom. The lowest BCUT2D eigenvalue weighted by atomic mass is 9.94. The van der Waals surface area contributed by atoms with E-state index in [4.69, 9.17) is 18.9 Å². The number of Topliss-reactive ketones (excluding diaryl/α,β-unsaturated/α-hetero) is 1. The third kappa shape index (κ3) is 4.77. The van der Waals surface area contributed by atoms with Crippen molar-refractivity contribution >= 4 is 17.4 Å². The van der Waals surface area contributed by atoms with Crippen LogP contribution in [-0.4, -0.2) is 48.6 Å². The van der Waals surface area contributed by atoms with Crippen molar-refractivity contribution in [2.75, 3.05) is 26.9 Å². The minimum atomic E-state index is -0.791. The average Bonchev–Trinajstić information content (AvgIpc) is 3.21. The molecule has 5 rings (SSSR count). The molecule has 8 nitrogen and oxygen atoms in total. The molecule has 1 N–H and O–H groups in total. The van der Waals surface area contributed by atoms with E-state index in [-0.39, 0.29) is 11.3 Å². The quantitative estimate of drug-likeness (QED) is 0.260. The van der Waals surface area contributed by atoms with Gasteiger partial charge in [-0.15, -0.1) is 0 Å². The van der Waals surface area contributed by atoms with Crippen molar-refractivity contribution in [3.8, 4) is 23.0 Å². The molecule has 3 aromatic rings. The number of rotatable bonds is 8. The number of aliphatic hydroxyl groups is 1. The second-order valence-electron chi connectivity index (χ2n) is 9.04. The molecule has 2 aliphatic heterocycles. The largest absolute Gasteiger partial charge is 0.507 e. The Labute approximate surface area is 221 Å². The highest BCUT2D eigenvalue weighted by Gasteiger charge is 2.46. The molecule has 0 aromatic heterocycles. The number of benzene rings is 3. The second-order valence-corrected chi connectivity index (χ2v) is 9.04. The van der Waals surface area contributed by atoms with E-state index in [1.165, 1.54) is 12.0 Å². The van der Waals surface area contributed by atoms with E-state index in [0.29, 0.717) is 66.9 Å². The van der Waals surface area contributed by atoms with Gasteiger partial charge in [-0.25, -0.2) is 0 Å². The molecule has 1 unspecified atom stereocenters. The van der Waals surface area contributed by atoms with Gasteiger partial charge < -0.3 is 29.0 Å². The SMILES string of the molecule is CCCN1C(=O)C(=O)/C(=C(/O)c2ccc3c(c2)OCCO3)C1c1ccc(OCc2ccccc2)c(OC)c1. The number of carbonyl (C=O) groups is 2. The molecule has 1 atom stereocenters. The third-order valence-electron chi connectivity index (χ3n) is 6.56. The summed E-state index contributed by atoms with van der Waals surface area (Å²) >= 11 is 0. The van der Waals surface area contributed by atoms with Gasteiger partial charge in [0.05, 0.1) is 18.7 Å². The zero-order chi connectivity index (χ0) is 26.6. The molecular formula is C30H29NO7. The van der Waals surface area contributed by atoms with Crippen molar-refractivity contribution < 1.29 is 33.6 Å². The summed E-state index contributed by atoms with van der Waals surface area (Å²) in [5.74, 6) is 0.359. The number of likely N-dealkylation sites (tertiary alicyclic amines) is 1. The van der Waals surface area contributed by atoms with Crippen molar-refractivity contribution in [3.05, 3.63) is 89.0 Å². The lowest BCUT2D eigenvalue weighted by Crippen LogP contribution is -2.30. The topological polar surface area (TPSA) is 94.5 Å². The fourth-order valence-electron chi connectivity index (χ4n) is 4.75. The Kier molecular flexibility index (Phi) is 7.22. The van der Waals surface area contributed by atoms with Crippen LogP contribution in [0.15, 0.2) is 72.3 Å². The predicted octanol–water partition coefficient (Wildman–Crippen LogP) is 4.88. The number of carbonyl (C=O) groups excluding carboxylic acids is 2. The van der Waals surface area contributed by atoms with Gasteiger partial charge >= 0.3 is 0 Å². The highest BCUT2D eigenvalue weighted by molar-refractivity contribution is 6.46. The minimum absolute atomic E-state index is 0.0140. The van der Waals surface area contributed by atoms with Crippen LogP contribution in [0.4, 0.5) is 0 Å². The van der Waals surface area contributed by atoms with E-state index >= 15 is 0 Å². The summed E-state index contributed by atoms with van der Waals surface area (Å²) in [4.78, 5) is 27.8. The molecule has 3 aromatic carbocycles. The lowest BCUT2D eigenvalue weighted by molar-refractivity contribution is -0.139. The first-order chi connectivity index (χ1) is 18.5. The molecule has 0 saturated carbocycles. The van der Waals surface area contributed by atoms with Gasteiger partial charge in [0.25, 0.3) is 11.7 Å². The van der Waals surface area contributed by atoms with Crippen molar-refractivity contribution in [2.24, 2.45) is 0 Å². The van der Waals surface area contributed by atoms with E-state index in [0.717, 1.165) is 5.56 Å². The summed E-state index contributed by atoms with van der Waals surface area (Å²) in [7, 11) is 1.53. The Morgan fingerprint density at radius 2 is 1.74 bits per heavy atom. The number of ether oxygens (including phenoxy) is 4. The van der Waals surface area contributed by atoms with E-state index in [2.05, 4.69) is 0 Å². The zero-order valence-electron chi connectivity index (χ0n) is 21.3. The van der Waals surface area contributed by atoms with Gasteiger partial charge in [0, 0.05) is 12.1 Å². The first kappa shape index (κ1) is 25.2. The van der Waals surface area contributed by atoms with E-state index in [1.54, 1.807) is 36.4 Å². The number of aliphatic hydroxyl groups excluding tert-OH is 1. The van der Waals surface area contributed by atoms with E-state index < -0.39 is 17.7 Å². The Balaban J connectivity index is 1.54. The molecule has 0 radical (unpaired) electrons. The van der Waals surface area contributed by atoms with Gasteiger partial charge in [-0.2, -0.15) is 0 Å². The van der Waals surface area contributed by atoms with Crippen LogP contribution in [-0.2, 0) is 16.2 Å². The molecule has 2 heterocycles. The highest BCUT2D eigenvalue weighted by Crippen LogP contribution is 2.43. The Morgan fingerprint density at radius 3 is 2.47 bits per heavy atom. The first-order valence-electron chi connectivity index (χ1n) is 12.5. The van der Waals surface area contributed by atoms with E-state index in [1.807, 2.05) is 37.3 Å². The summed E-state index contributed by atoms with van der Waals surface area (Å²) in [6.07, 6.45) is 0.642. The van der Waals surface area contributed by atoms with Crippen LogP contribution < -0.4 is 18.9 Å². The van der Waals surface area contributed by atoms with Gasteiger partial charge in [-0.1, -0.05) is 43.3 Å². The summed E-state index contributed by atoms with van der Waals surface area (Å²) in [6.45, 7) is 3.46. The van der Waals surface area contributed by atoms with Crippen LogP contribution in [0.25, 0.3) is 5.76 Å². The Hall–Kier alpha value is -4.46. The standard InChI is InChI=1S/C30H29NO7/c1-3-13-31-27(20-9-11-22(24(16-20)35-2)38-18-19-7-5-4-6-8-19)26(29(33)30(31)34)28(32)21-10-12-23-25(17-21)37-15-14-36-23/h4-12,16-17,27,32H,3,13-15,18H2,1-2H3/b28-26+. The predicted molar refractivity (Wildman–Crippen MR) is 141 cm³/mol. The number of ketones is 1. The van der Waals surface area contributed by atoms with Gasteiger partial charge in [0.2, 0.25) is 0 Å². The van der Waals surface area contributed by atoms with Crippen molar-refractivity contribution in [1.82, 2.24) is 4.90 Å². The van der Waals surface area contributed by atoms with Crippen LogP contribution >= 0.6 is 0 Å². The average molecular weight is 516 g/mol. The zero-order valence-corrected chi connectivity index (χ0v) is 21.3. The maximum Gasteiger partial charge on any atom is 0.295 e. The monoisotopic (exact) mass is 515 g/mol. The summed E-state index contributed by atoms with van der Waals surface area (Å²) in [5, 5.41) is 11.3. The fraction of sp³-hybridized carbons (Fsp3) is 0.267. The number of hydrogen-bond donors (Lipinski definition) is 1. The maximum absolute atomic E-state index is 13.2. The van der Waals surface area contributed by atoms with Crippen LogP contribution in [0.1, 0.15) is 36.1 Å². The molecule has 0 bridgehead atoms. The normalized spacial score (nSPS) is 17.9. The molecule has 0 aliphatic carbocycles. The smallest absolute Gasteiger partial charge is 0.295 e. The molecule has 0 spiro atoms. The van der Waals surface area contributed by atoms with Gasteiger partial charge in [-0.05, 0) is 47.9 Å². The first-order valence-corrected chi connectivity index (χ1v) is 12.5. The highest BCUT2D eigenvalue weighted by atomic mass is 16.6. The van der Waals surface area contributed by atoms with Crippen LogP contribution in [0.2, 0.25) is 0 Å². The molecule has 8 heteroatoms. The van der Waals surface area contributed by atoms with E-state index in [9.17, 15) is 14.7 Å². The minimum Gasteiger partial charge on any atom is -0.507 e. The summed E-state index contributed by atoms with van der Waals surface area (Å²) in [6, 6.07) is 19.2. The molecule has 1 fully saturated rings. The molecular weight excluding hydrogens is 486 g/mol. The number of hydrogen-bond acceptors (Lipinski definition) is 7. The number of nitrogens with zero attached hydrogens (tertiary/aromatic N) is 1. The van der Waals surface area contributed by atoms with Gasteiger partial charge in [0.15, 0.2) is 23.0 Å². The molecule has 196 valence electrons. The lowest BCUT2D eigenvalue weighted by Gasteiger charge is -2.26. The van der Waals surface area contributed by atoms with Crippen LogP contribution in [0.3, 0.4) is 0 Å². The number of amides is 1. The number of methoxy groups -OCH3 is 1.